The molecule has 1 heterocycles. The SMILES string of the molecule is CCNc1cc(NCCS(C)(=O)=O)nc(SC)n1. The first-order valence-corrected chi connectivity index (χ1v) is 8.81. The Bertz CT molecular complexity index is 491. The van der Waals surface area contributed by atoms with Gasteiger partial charge in [-0.15, -0.1) is 0 Å². The van der Waals surface area contributed by atoms with E-state index in [0.29, 0.717) is 17.5 Å². The maximum Gasteiger partial charge on any atom is 0.191 e. The number of aromatic nitrogens is 2. The molecule has 0 fully saturated rings. The molecular formula is C10H18N4O2S2. The Morgan fingerprint density at radius 1 is 1.28 bits per heavy atom. The lowest BCUT2D eigenvalue weighted by Crippen LogP contribution is -2.15. The van der Waals surface area contributed by atoms with Gasteiger partial charge in [-0.25, -0.2) is 18.4 Å². The van der Waals surface area contributed by atoms with Gasteiger partial charge < -0.3 is 10.6 Å². The molecule has 0 atom stereocenters. The molecule has 0 aliphatic rings. The minimum absolute atomic E-state index is 0.0855. The van der Waals surface area contributed by atoms with Crippen LogP contribution in [0.2, 0.25) is 0 Å². The van der Waals surface area contributed by atoms with Crippen molar-refractivity contribution >= 4 is 33.2 Å². The van der Waals surface area contributed by atoms with E-state index in [9.17, 15) is 8.42 Å². The van der Waals surface area contributed by atoms with Gasteiger partial charge in [0, 0.05) is 25.4 Å². The van der Waals surface area contributed by atoms with E-state index >= 15 is 0 Å². The molecule has 0 aromatic carbocycles. The fourth-order valence-corrected chi connectivity index (χ4v) is 2.10. The highest BCUT2D eigenvalue weighted by Crippen LogP contribution is 2.16. The lowest BCUT2D eigenvalue weighted by Gasteiger charge is -2.09. The molecule has 0 saturated carbocycles. The van der Waals surface area contributed by atoms with Gasteiger partial charge in [0.15, 0.2) is 5.16 Å². The monoisotopic (exact) mass is 290 g/mol. The highest BCUT2D eigenvalue weighted by molar-refractivity contribution is 7.98. The molecule has 1 rings (SSSR count). The number of nitrogens with zero attached hydrogens (tertiary/aromatic N) is 2. The summed E-state index contributed by atoms with van der Waals surface area (Å²) in [6.07, 6.45) is 3.11. The van der Waals surface area contributed by atoms with Crippen LogP contribution in [0.3, 0.4) is 0 Å². The second-order valence-corrected chi connectivity index (χ2v) is 6.75. The summed E-state index contributed by atoms with van der Waals surface area (Å²) in [6, 6.07) is 1.77. The molecule has 0 spiro atoms. The molecule has 0 aliphatic heterocycles. The van der Waals surface area contributed by atoms with Crippen LogP contribution in [-0.4, -0.2) is 49.7 Å². The quantitative estimate of drug-likeness (QED) is 0.574. The van der Waals surface area contributed by atoms with Crippen LogP contribution < -0.4 is 10.6 Å². The first-order chi connectivity index (χ1) is 8.44. The molecule has 102 valence electrons. The first-order valence-electron chi connectivity index (χ1n) is 5.53. The highest BCUT2D eigenvalue weighted by atomic mass is 32.2. The van der Waals surface area contributed by atoms with Gasteiger partial charge >= 0.3 is 0 Å². The van der Waals surface area contributed by atoms with Crippen LogP contribution in [0, 0.1) is 0 Å². The average Bonchev–Trinajstić information content (AvgIpc) is 2.27. The molecule has 0 aliphatic carbocycles. The topological polar surface area (TPSA) is 84.0 Å². The minimum atomic E-state index is -2.96. The van der Waals surface area contributed by atoms with Gasteiger partial charge in [0.2, 0.25) is 0 Å². The van der Waals surface area contributed by atoms with Gasteiger partial charge in [-0.1, -0.05) is 11.8 Å². The number of hydrogen-bond donors (Lipinski definition) is 2. The third-order valence-electron chi connectivity index (χ3n) is 2.03. The van der Waals surface area contributed by atoms with Crippen molar-refractivity contribution in [1.82, 2.24) is 9.97 Å². The zero-order chi connectivity index (χ0) is 13.6. The van der Waals surface area contributed by atoms with E-state index in [4.69, 9.17) is 0 Å². The van der Waals surface area contributed by atoms with Crippen molar-refractivity contribution in [3.8, 4) is 0 Å². The fourth-order valence-electron chi connectivity index (χ4n) is 1.24. The van der Waals surface area contributed by atoms with E-state index in [1.54, 1.807) is 6.07 Å². The van der Waals surface area contributed by atoms with E-state index in [0.717, 1.165) is 12.4 Å². The summed E-state index contributed by atoms with van der Waals surface area (Å²) in [4.78, 5) is 8.54. The summed E-state index contributed by atoms with van der Waals surface area (Å²) >= 11 is 1.44. The fraction of sp³-hybridized carbons (Fsp3) is 0.600. The van der Waals surface area contributed by atoms with Crippen molar-refractivity contribution in [3.05, 3.63) is 6.07 Å². The van der Waals surface area contributed by atoms with E-state index in [-0.39, 0.29) is 5.75 Å². The molecular weight excluding hydrogens is 272 g/mol. The number of thioether (sulfide) groups is 1. The highest BCUT2D eigenvalue weighted by Gasteiger charge is 2.05. The van der Waals surface area contributed by atoms with Gasteiger partial charge in [-0.05, 0) is 13.2 Å². The van der Waals surface area contributed by atoms with Crippen molar-refractivity contribution < 1.29 is 8.42 Å². The summed E-state index contributed by atoms with van der Waals surface area (Å²) in [6.45, 7) is 3.10. The summed E-state index contributed by atoms with van der Waals surface area (Å²) in [5, 5.41) is 6.75. The van der Waals surface area contributed by atoms with E-state index in [1.807, 2.05) is 13.2 Å². The van der Waals surface area contributed by atoms with Crippen LogP contribution in [0.4, 0.5) is 11.6 Å². The summed E-state index contributed by atoms with van der Waals surface area (Å²) in [7, 11) is -2.96. The molecule has 0 unspecified atom stereocenters. The molecule has 0 radical (unpaired) electrons. The molecule has 0 amide bonds. The number of sulfone groups is 1. The third kappa shape index (κ3) is 5.54. The Balaban J connectivity index is 2.72. The second kappa shape index (κ2) is 6.79. The molecule has 8 heteroatoms. The third-order valence-corrected chi connectivity index (χ3v) is 3.52. The van der Waals surface area contributed by atoms with Crippen molar-refractivity contribution in [2.45, 2.75) is 12.1 Å². The van der Waals surface area contributed by atoms with Gasteiger partial charge in [0.25, 0.3) is 0 Å². The average molecular weight is 290 g/mol. The van der Waals surface area contributed by atoms with Crippen LogP contribution in [-0.2, 0) is 9.84 Å². The van der Waals surface area contributed by atoms with E-state index in [1.165, 1.54) is 18.0 Å². The van der Waals surface area contributed by atoms with Crippen LogP contribution >= 0.6 is 11.8 Å². The summed E-state index contributed by atoms with van der Waals surface area (Å²) in [5.74, 6) is 1.45. The molecule has 18 heavy (non-hydrogen) atoms. The second-order valence-electron chi connectivity index (χ2n) is 3.71. The predicted molar refractivity (Wildman–Crippen MR) is 76.2 cm³/mol. The maximum absolute atomic E-state index is 11.0. The lowest BCUT2D eigenvalue weighted by atomic mass is 10.5. The number of anilines is 2. The van der Waals surface area contributed by atoms with Gasteiger partial charge in [-0.2, -0.15) is 0 Å². The maximum atomic E-state index is 11.0. The Morgan fingerprint density at radius 2 is 1.89 bits per heavy atom. The van der Waals surface area contributed by atoms with Crippen LogP contribution in [0.5, 0.6) is 0 Å². The minimum Gasteiger partial charge on any atom is -0.370 e. The number of rotatable bonds is 7. The van der Waals surface area contributed by atoms with Crippen molar-refractivity contribution in [2.75, 3.05) is 42.0 Å². The Morgan fingerprint density at radius 3 is 2.39 bits per heavy atom. The zero-order valence-corrected chi connectivity index (χ0v) is 12.4. The molecule has 0 saturated heterocycles. The predicted octanol–water partition coefficient (Wildman–Crippen LogP) is 1.09. The standard InChI is InChI=1S/C10H18N4O2S2/c1-4-11-8-7-9(14-10(13-8)17-2)12-5-6-18(3,15)16/h7H,4-6H2,1-3H3,(H2,11,12,13,14). The molecule has 1 aromatic rings. The first kappa shape index (κ1) is 15.0. The largest absolute Gasteiger partial charge is 0.370 e. The smallest absolute Gasteiger partial charge is 0.191 e. The van der Waals surface area contributed by atoms with Crippen molar-refractivity contribution in [3.63, 3.8) is 0 Å². The number of hydrogen-bond acceptors (Lipinski definition) is 7. The normalized spacial score (nSPS) is 11.3. The zero-order valence-electron chi connectivity index (χ0n) is 10.7. The van der Waals surface area contributed by atoms with Crippen molar-refractivity contribution in [1.29, 1.82) is 0 Å². The van der Waals surface area contributed by atoms with Gasteiger partial charge in [0.05, 0.1) is 5.75 Å². The van der Waals surface area contributed by atoms with E-state index < -0.39 is 9.84 Å². The Labute approximate surface area is 112 Å². The summed E-state index contributed by atoms with van der Waals surface area (Å²) < 4.78 is 22.0. The van der Waals surface area contributed by atoms with E-state index in [2.05, 4.69) is 20.6 Å². The molecule has 2 N–H and O–H groups in total. The van der Waals surface area contributed by atoms with Gasteiger partial charge in [0.1, 0.15) is 21.5 Å². The molecule has 0 bridgehead atoms. The lowest BCUT2D eigenvalue weighted by molar-refractivity contribution is 0.602. The molecule has 1 aromatic heterocycles. The number of nitrogens with one attached hydrogen (secondary N) is 2. The van der Waals surface area contributed by atoms with Crippen molar-refractivity contribution in [2.24, 2.45) is 0 Å². The Hall–Kier alpha value is -1.02. The summed E-state index contributed by atoms with van der Waals surface area (Å²) in [5.41, 5.74) is 0. The Kier molecular flexibility index (Phi) is 5.67. The van der Waals surface area contributed by atoms with Crippen LogP contribution in [0.25, 0.3) is 0 Å². The van der Waals surface area contributed by atoms with Crippen LogP contribution in [0.1, 0.15) is 6.92 Å². The van der Waals surface area contributed by atoms with Gasteiger partial charge in [-0.3, -0.25) is 0 Å². The van der Waals surface area contributed by atoms with Crippen LogP contribution in [0.15, 0.2) is 11.2 Å². The molecule has 6 nitrogen and oxygen atoms in total.